The second-order valence-electron chi connectivity index (χ2n) is 5.59. The highest BCUT2D eigenvalue weighted by atomic mass is 32.2. The van der Waals surface area contributed by atoms with Gasteiger partial charge in [0.2, 0.25) is 0 Å². The number of hydrogen-bond donors (Lipinski definition) is 1. The molecule has 2 rings (SSSR count). The quantitative estimate of drug-likeness (QED) is 0.847. The molecule has 1 heterocycles. The van der Waals surface area contributed by atoms with Crippen molar-refractivity contribution >= 4 is 23.4 Å². The summed E-state index contributed by atoms with van der Waals surface area (Å²) in [6.45, 7) is 3.88. The molecular formula is C16H24N2O2S. The SMILES string of the molecule is CCSc1cccc(N2CCCC(N(C)C)C2)c1C(=O)O. The van der Waals surface area contributed by atoms with Gasteiger partial charge in [0.1, 0.15) is 0 Å². The lowest BCUT2D eigenvalue weighted by Gasteiger charge is -2.38. The molecular weight excluding hydrogens is 284 g/mol. The predicted octanol–water partition coefficient (Wildman–Crippen LogP) is 3.03. The summed E-state index contributed by atoms with van der Waals surface area (Å²) in [5, 5.41) is 9.63. The van der Waals surface area contributed by atoms with Crippen molar-refractivity contribution in [3.8, 4) is 0 Å². The number of hydrogen-bond acceptors (Lipinski definition) is 4. The Bertz CT molecular complexity index is 505. The third-order valence-electron chi connectivity index (χ3n) is 3.99. The van der Waals surface area contributed by atoms with Crippen LogP contribution in [-0.2, 0) is 0 Å². The second kappa shape index (κ2) is 7.18. The topological polar surface area (TPSA) is 43.8 Å². The maximum absolute atomic E-state index is 11.7. The predicted molar refractivity (Wildman–Crippen MR) is 88.7 cm³/mol. The summed E-state index contributed by atoms with van der Waals surface area (Å²) in [6, 6.07) is 6.32. The molecule has 1 fully saturated rings. The summed E-state index contributed by atoms with van der Waals surface area (Å²) < 4.78 is 0. The van der Waals surface area contributed by atoms with Crippen LogP contribution >= 0.6 is 11.8 Å². The molecule has 1 aromatic rings. The van der Waals surface area contributed by atoms with Crippen molar-refractivity contribution < 1.29 is 9.90 Å². The average Bonchev–Trinajstić information content (AvgIpc) is 2.47. The molecule has 4 nitrogen and oxygen atoms in total. The molecule has 1 aromatic carbocycles. The van der Waals surface area contributed by atoms with Crippen molar-refractivity contribution in [3.05, 3.63) is 23.8 Å². The summed E-state index contributed by atoms with van der Waals surface area (Å²) in [5.74, 6) is 0.0536. The molecule has 1 unspecified atom stereocenters. The molecule has 0 saturated carbocycles. The van der Waals surface area contributed by atoms with E-state index in [-0.39, 0.29) is 0 Å². The number of likely N-dealkylation sites (N-methyl/N-ethyl adjacent to an activating group) is 1. The molecule has 0 aromatic heterocycles. The zero-order valence-corrected chi connectivity index (χ0v) is 13.8. The summed E-state index contributed by atoms with van der Waals surface area (Å²) >= 11 is 1.60. The van der Waals surface area contributed by atoms with Crippen molar-refractivity contribution in [3.63, 3.8) is 0 Å². The van der Waals surface area contributed by atoms with Crippen molar-refractivity contribution in [1.82, 2.24) is 4.90 Å². The third-order valence-corrected chi connectivity index (χ3v) is 4.93. The van der Waals surface area contributed by atoms with Crippen LogP contribution in [-0.4, -0.2) is 55.0 Å². The van der Waals surface area contributed by atoms with Gasteiger partial charge < -0.3 is 14.9 Å². The molecule has 0 aliphatic carbocycles. The summed E-state index contributed by atoms with van der Waals surface area (Å²) in [7, 11) is 4.19. The lowest BCUT2D eigenvalue weighted by Crippen LogP contribution is -2.45. The van der Waals surface area contributed by atoms with E-state index in [1.54, 1.807) is 11.8 Å². The van der Waals surface area contributed by atoms with Gasteiger partial charge >= 0.3 is 5.97 Å². The molecule has 1 aliphatic rings. The van der Waals surface area contributed by atoms with Crippen LogP contribution in [0.4, 0.5) is 5.69 Å². The molecule has 1 atom stereocenters. The highest BCUT2D eigenvalue weighted by Crippen LogP contribution is 2.32. The van der Waals surface area contributed by atoms with Gasteiger partial charge in [-0.1, -0.05) is 13.0 Å². The van der Waals surface area contributed by atoms with Crippen LogP contribution in [0.25, 0.3) is 0 Å². The number of piperidine rings is 1. The highest BCUT2D eigenvalue weighted by molar-refractivity contribution is 7.99. The zero-order chi connectivity index (χ0) is 15.4. The molecule has 0 spiro atoms. The fourth-order valence-corrected chi connectivity index (χ4v) is 3.69. The molecule has 1 saturated heterocycles. The molecule has 0 radical (unpaired) electrons. The first-order chi connectivity index (χ1) is 10.0. The molecule has 21 heavy (non-hydrogen) atoms. The minimum absolute atomic E-state index is 0.462. The van der Waals surface area contributed by atoms with Crippen molar-refractivity contribution in [2.45, 2.75) is 30.7 Å². The van der Waals surface area contributed by atoms with Crippen LogP contribution in [0, 0.1) is 0 Å². The number of benzene rings is 1. The minimum atomic E-state index is -0.825. The monoisotopic (exact) mass is 308 g/mol. The van der Waals surface area contributed by atoms with E-state index in [2.05, 4.69) is 23.9 Å². The normalized spacial score (nSPS) is 19.0. The van der Waals surface area contributed by atoms with Crippen LogP contribution in [0.2, 0.25) is 0 Å². The van der Waals surface area contributed by atoms with Crippen molar-refractivity contribution in [2.24, 2.45) is 0 Å². The minimum Gasteiger partial charge on any atom is -0.478 e. The van der Waals surface area contributed by atoms with Gasteiger partial charge in [-0.05, 0) is 44.8 Å². The Kier molecular flexibility index (Phi) is 5.53. The molecule has 1 N–H and O–H groups in total. The van der Waals surface area contributed by atoms with Gasteiger partial charge in [-0.25, -0.2) is 4.79 Å². The Balaban J connectivity index is 2.34. The molecule has 0 bridgehead atoms. The van der Waals surface area contributed by atoms with E-state index < -0.39 is 5.97 Å². The van der Waals surface area contributed by atoms with Crippen LogP contribution < -0.4 is 4.90 Å². The lowest BCUT2D eigenvalue weighted by molar-refractivity contribution is 0.0693. The van der Waals surface area contributed by atoms with E-state index in [0.717, 1.165) is 35.8 Å². The Hall–Kier alpha value is -1.20. The lowest BCUT2D eigenvalue weighted by atomic mass is 10.0. The number of aromatic carboxylic acids is 1. The number of rotatable bonds is 5. The van der Waals surface area contributed by atoms with Crippen LogP contribution in [0.15, 0.2) is 23.1 Å². The Morgan fingerprint density at radius 2 is 2.24 bits per heavy atom. The summed E-state index contributed by atoms with van der Waals surface area (Å²) in [6.07, 6.45) is 2.28. The van der Waals surface area contributed by atoms with E-state index in [4.69, 9.17) is 0 Å². The van der Waals surface area contributed by atoms with E-state index in [1.165, 1.54) is 6.42 Å². The molecule has 1 aliphatic heterocycles. The highest BCUT2D eigenvalue weighted by Gasteiger charge is 2.26. The number of carboxylic acids is 1. The Morgan fingerprint density at radius 3 is 2.86 bits per heavy atom. The number of thioether (sulfide) groups is 1. The third kappa shape index (κ3) is 3.71. The molecule has 5 heteroatoms. The fraction of sp³-hybridized carbons (Fsp3) is 0.562. The van der Waals surface area contributed by atoms with Gasteiger partial charge in [0.15, 0.2) is 0 Å². The standard InChI is InChI=1S/C16H24N2O2S/c1-4-21-14-9-5-8-13(15(14)16(19)20)18-10-6-7-12(11-18)17(2)3/h5,8-9,12H,4,6-7,10-11H2,1-3H3,(H,19,20). The first-order valence-electron chi connectivity index (χ1n) is 7.45. The zero-order valence-electron chi connectivity index (χ0n) is 13.0. The number of anilines is 1. The average molecular weight is 308 g/mol. The van der Waals surface area contributed by atoms with Crippen molar-refractivity contribution in [1.29, 1.82) is 0 Å². The molecule has 0 amide bonds. The van der Waals surface area contributed by atoms with Gasteiger partial charge in [0.25, 0.3) is 0 Å². The first-order valence-corrected chi connectivity index (χ1v) is 8.43. The van der Waals surface area contributed by atoms with E-state index in [9.17, 15) is 9.90 Å². The van der Waals surface area contributed by atoms with Crippen LogP contribution in [0.5, 0.6) is 0 Å². The van der Waals surface area contributed by atoms with Gasteiger partial charge in [-0.3, -0.25) is 0 Å². The van der Waals surface area contributed by atoms with Crippen LogP contribution in [0.1, 0.15) is 30.1 Å². The number of carboxylic acid groups (broad SMARTS) is 1. The molecule has 116 valence electrons. The maximum atomic E-state index is 11.7. The van der Waals surface area contributed by atoms with Crippen molar-refractivity contribution in [2.75, 3.05) is 37.8 Å². The van der Waals surface area contributed by atoms with E-state index >= 15 is 0 Å². The first kappa shape index (κ1) is 16.2. The largest absolute Gasteiger partial charge is 0.478 e. The number of nitrogens with zero attached hydrogens (tertiary/aromatic N) is 2. The van der Waals surface area contributed by atoms with Crippen LogP contribution in [0.3, 0.4) is 0 Å². The van der Waals surface area contributed by atoms with Gasteiger partial charge in [0, 0.05) is 24.0 Å². The second-order valence-corrected chi connectivity index (χ2v) is 6.90. The Morgan fingerprint density at radius 1 is 1.48 bits per heavy atom. The number of carbonyl (C=O) groups is 1. The van der Waals surface area contributed by atoms with Gasteiger partial charge in [0.05, 0.1) is 11.3 Å². The van der Waals surface area contributed by atoms with E-state index in [0.29, 0.717) is 11.6 Å². The van der Waals surface area contributed by atoms with Gasteiger partial charge in [-0.15, -0.1) is 11.8 Å². The smallest absolute Gasteiger partial charge is 0.338 e. The summed E-state index contributed by atoms with van der Waals surface area (Å²) in [4.78, 5) is 17.1. The fourth-order valence-electron chi connectivity index (χ4n) is 2.87. The maximum Gasteiger partial charge on any atom is 0.338 e. The summed E-state index contributed by atoms with van der Waals surface area (Å²) in [5.41, 5.74) is 1.33. The Labute approximate surface area is 131 Å². The van der Waals surface area contributed by atoms with E-state index in [1.807, 2.05) is 25.1 Å². The van der Waals surface area contributed by atoms with Gasteiger partial charge in [-0.2, -0.15) is 0 Å².